The van der Waals surface area contributed by atoms with Gasteiger partial charge in [-0.1, -0.05) is 12.1 Å². The maximum atomic E-state index is 10.7. The monoisotopic (exact) mass is 516 g/mol. The van der Waals surface area contributed by atoms with Crippen LogP contribution < -0.4 is 31.0 Å². The molecule has 9 nitrogen and oxygen atoms in total. The molecule has 0 aliphatic heterocycles. The number of fused-ring (bicyclic) bond motifs is 1. The second-order valence-electron chi connectivity index (χ2n) is 8.44. The number of hydrogen-bond acceptors (Lipinski definition) is 8. The Hall–Kier alpha value is -4.79. The van der Waals surface area contributed by atoms with Gasteiger partial charge in [0, 0.05) is 36.1 Å². The van der Waals surface area contributed by atoms with Crippen molar-refractivity contribution >= 4 is 35.0 Å². The molecule has 9 heteroatoms. The van der Waals surface area contributed by atoms with Gasteiger partial charge in [0.15, 0.2) is 11.5 Å². The third-order valence-electron chi connectivity index (χ3n) is 6.08. The first kappa shape index (κ1) is 27.8. The number of amides is 1. The highest BCUT2D eigenvalue weighted by Gasteiger charge is 2.43. The molecule has 0 radical (unpaired) electrons. The highest BCUT2D eigenvalue weighted by molar-refractivity contribution is 5.88. The first-order chi connectivity index (χ1) is 18.4. The molecule has 1 aliphatic rings. The molecule has 38 heavy (non-hydrogen) atoms. The average Bonchev–Trinajstić information content (AvgIpc) is 3.75. The number of ether oxygens (including phenoxy) is 3. The lowest BCUT2D eigenvalue weighted by atomic mass is 9.98. The van der Waals surface area contributed by atoms with Crippen molar-refractivity contribution in [3.05, 3.63) is 78.5 Å². The van der Waals surface area contributed by atoms with Gasteiger partial charge >= 0.3 is 0 Å². The summed E-state index contributed by atoms with van der Waals surface area (Å²) < 4.78 is 16.7. The third kappa shape index (κ3) is 6.70. The molecule has 5 N–H and O–H groups in total. The van der Waals surface area contributed by atoms with Crippen LogP contribution >= 0.6 is 0 Å². The maximum Gasteiger partial charge on any atom is 0.204 e. The van der Waals surface area contributed by atoms with Crippen molar-refractivity contribution in [3.8, 4) is 23.0 Å². The van der Waals surface area contributed by atoms with Crippen LogP contribution in [-0.4, -0.2) is 38.9 Å². The quantitative estimate of drug-likeness (QED) is 0.238. The number of nitrogen functional groups attached to an aromatic ring is 1. The zero-order valence-electron chi connectivity index (χ0n) is 21.6. The molecule has 0 bridgehead atoms. The molecule has 3 aromatic carbocycles. The molecule has 5 rings (SSSR count). The fourth-order valence-corrected chi connectivity index (χ4v) is 3.78. The minimum absolute atomic E-state index is 0.159. The van der Waals surface area contributed by atoms with Crippen molar-refractivity contribution < 1.29 is 23.8 Å². The second-order valence-corrected chi connectivity index (χ2v) is 8.44. The number of methoxy groups -OCH3 is 2. The lowest BCUT2D eigenvalue weighted by molar-refractivity contribution is -0.110. The fourth-order valence-electron chi connectivity index (χ4n) is 3.78. The van der Waals surface area contributed by atoms with E-state index in [2.05, 4.69) is 16.0 Å². The summed E-state index contributed by atoms with van der Waals surface area (Å²) in [4.78, 5) is 23.7. The van der Waals surface area contributed by atoms with Gasteiger partial charge in [0.1, 0.15) is 17.8 Å². The van der Waals surface area contributed by atoms with E-state index in [-0.39, 0.29) is 11.8 Å². The number of aldehydes is 1. The van der Waals surface area contributed by atoms with Gasteiger partial charge in [0.05, 0.1) is 25.2 Å². The zero-order valence-corrected chi connectivity index (χ0v) is 21.6. The van der Waals surface area contributed by atoms with Gasteiger partial charge in [-0.25, -0.2) is 0 Å². The number of rotatable bonds is 7. The lowest BCUT2D eigenvalue weighted by Gasteiger charge is -2.12. The summed E-state index contributed by atoms with van der Waals surface area (Å²) in [6.07, 6.45) is 4.99. The van der Waals surface area contributed by atoms with Gasteiger partial charge in [-0.3, -0.25) is 9.78 Å². The Morgan fingerprint density at radius 2 is 1.50 bits per heavy atom. The number of primary amides is 1. The summed E-state index contributed by atoms with van der Waals surface area (Å²) in [7, 11) is 5.09. The van der Waals surface area contributed by atoms with E-state index in [9.17, 15) is 4.79 Å². The highest BCUT2D eigenvalue weighted by Crippen LogP contribution is 2.46. The molecular formula is C29H32N4O5. The third-order valence-corrected chi connectivity index (χ3v) is 6.08. The number of aromatic nitrogens is 1. The van der Waals surface area contributed by atoms with Crippen LogP contribution in [0.4, 0.5) is 11.4 Å². The molecule has 1 fully saturated rings. The van der Waals surface area contributed by atoms with Crippen LogP contribution in [0.5, 0.6) is 23.0 Å². The maximum absolute atomic E-state index is 10.7. The van der Waals surface area contributed by atoms with Crippen LogP contribution in [0, 0.1) is 0 Å². The summed E-state index contributed by atoms with van der Waals surface area (Å²) in [5.74, 6) is 2.76. The summed E-state index contributed by atoms with van der Waals surface area (Å²) in [5, 5.41) is 3.94. The fraction of sp³-hybridized carbons (Fsp3) is 0.207. The van der Waals surface area contributed by atoms with Crippen molar-refractivity contribution in [3.63, 3.8) is 0 Å². The Kier molecular flexibility index (Phi) is 9.48. The van der Waals surface area contributed by atoms with Crippen molar-refractivity contribution in [2.45, 2.75) is 18.3 Å². The van der Waals surface area contributed by atoms with Crippen molar-refractivity contribution in [1.82, 2.24) is 4.98 Å². The SMILES string of the molecule is CNc1ccc(Oc2ccnc3cc(OC)c(OC)cc23)cc1.NC=O.Nc1ccc(C2(C=O)CC2)cc1. The Morgan fingerprint density at radius 1 is 0.895 bits per heavy atom. The van der Waals surface area contributed by atoms with Crippen molar-refractivity contribution in [1.29, 1.82) is 0 Å². The van der Waals surface area contributed by atoms with Gasteiger partial charge in [-0.15, -0.1) is 0 Å². The number of nitrogens with one attached hydrogen (secondary N) is 1. The summed E-state index contributed by atoms with van der Waals surface area (Å²) >= 11 is 0. The molecule has 1 heterocycles. The molecule has 0 atom stereocenters. The van der Waals surface area contributed by atoms with Crippen molar-refractivity contribution in [2.24, 2.45) is 5.73 Å². The van der Waals surface area contributed by atoms with Crippen LogP contribution in [0.2, 0.25) is 0 Å². The van der Waals surface area contributed by atoms with Crippen LogP contribution in [0.3, 0.4) is 0 Å². The number of nitrogens with two attached hydrogens (primary N) is 2. The number of anilines is 2. The number of hydrogen-bond donors (Lipinski definition) is 3. The topological polar surface area (TPSA) is 139 Å². The Morgan fingerprint density at radius 3 is 2.03 bits per heavy atom. The first-order valence-electron chi connectivity index (χ1n) is 11.9. The van der Waals surface area contributed by atoms with Gasteiger partial charge < -0.3 is 35.8 Å². The molecule has 1 amide bonds. The van der Waals surface area contributed by atoms with Gasteiger partial charge in [0.25, 0.3) is 0 Å². The molecule has 1 saturated carbocycles. The minimum Gasteiger partial charge on any atom is -0.493 e. The predicted octanol–water partition coefficient (Wildman–Crippen LogP) is 4.69. The Bertz CT molecular complexity index is 1350. The van der Waals surface area contributed by atoms with Crippen LogP contribution in [0.25, 0.3) is 10.9 Å². The highest BCUT2D eigenvalue weighted by atomic mass is 16.5. The number of benzene rings is 3. The lowest BCUT2D eigenvalue weighted by Crippen LogP contribution is -2.07. The summed E-state index contributed by atoms with van der Waals surface area (Å²) in [5.41, 5.74) is 13.2. The first-order valence-corrected chi connectivity index (χ1v) is 11.9. The van der Waals surface area contributed by atoms with E-state index in [1.54, 1.807) is 20.4 Å². The van der Waals surface area contributed by atoms with E-state index < -0.39 is 0 Å². The standard InChI is InChI=1S/C18H18N2O3.C10H11NO.CH3NO/c1-19-12-4-6-13(7-5-12)23-16-8-9-20-15-11-18(22-3)17(21-2)10-14(15)16;11-9-3-1-8(2-4-9)10(7-12)5-6-10;2-1-3/h4-11,19H,1-3H3;1-4,7H,5-6,11H2;1H,(H2,2,3). The second kappa shape index (κ2) is 13.0. The largest absolute Gasteiger partial charge is 0.493 e. The number of carbonyl (C=O) groups is 2. The Balaban J connectivity index is 0.000000222. The Labute approximate surface area is 221 Å². The number of pyridine rings is 1. The molecule has 198 valence electrons. The van der Waals surface area contributed by atoms with E-state index in [1.807, 2.05) is 73.8 Å². The number of nitrogens with zero attached hydrogens (tertiary/aromatic N) is 1. The van der Waals surface area contributed by atoms with E-state index >= 15 is 0 Å². The molecule has 0 spiro atoms. The van der Waals surface area contributed by atoms with E-state index in [0.29, 0.717) is 17.2 Å². The minimum atomic E-state index is -0.159. The predicted molar refractivity (Wildman–Crippen MR) is 149 cm³/mol. The summed E-state index contributed by atoms with van der Waals surface area (Å²) in [6.45, 7) is 0. The number of carbonyl (C=O) groups excluding carboxylic acids is 2. The molecule has 1 aromatic heterocycles. The van der Waals surface area contributed by atoms with Crippen LogP contribution in [-0.2, 0) is 15.0 Å². The van der Waals surface area contributed by atoms with E-state index in [1.165, 1.54) is 0 Å². The van der Waals surface area contributed by atoms with Gasteiger partial charge in [-0.2, -0.15) is 0 Å². The summed E-state index contributed by atoms with van der Waals surface area (Å²) in [6, 6.07) is 20.9. The van der Waals surface area contributed by atoms with E-state index in [0.717, 1.165) is 52.7 Å². The zero-order chi connectivity index (χ0) is 27.5. The van der Waals surface area contributed by atoms with Crippen LogP contribution in [0.1, 0.15) is 18.4 Å². The van der Waals surface area contributed by atoms with Crippen molar-refractivity contribution in [2.75, 3.05) is 32.3 Å². The normalized spacial score (nSPS) is 12.5. The van der Waals surface area contributed by atoms with E-state index in [4.69, 9.17) is 24.7 Å². The smallest absolute Gasteiger partial charge is 0.204 e. The molecular weight excluding hydrogens is 484 g/mol. The molecule has 1 aliphatic carbocycles. The molecule has 0 unspecified atom stereocenters. The van der Waals surface area contributed by atoms with Gasteiger partial charge in [-0.05, 0) is 66.9 Å². The molecule has 4 aromatic rings. The van der Waals surface area contributed by atoms with Gasteiger partial charge in [0.2, 0.25) is 6.41 Å². The molecule has 0 saturated heterocycles. The van der Waals surface area contributed by atoms with Crippen LogP contribution in [0.15, 0.2) is 72.9 Å². The average molecular weight is 517 g/mol.